The van der Waals surface area contributed by atoms with Gasteiger partial charge in [0.1, 0.15) is 11.5 Å². The van der Waals surface area contributed by atoms with Crippen LogP contribution in [0.4, 0.5) is 0 Å². The number of methoxy groups -OCH3 is 1. The normalized spacial score (nSPS) is 16.7. The SMILES string of the molecule is COc1ccccc1-c1nc(CC(=O)N2CCOCC2(C)C)c(C)o1. The molecule has 2 heterocycles. The first-order chi connectivity index (χ1) is 11.9. The van der Waals surface area contributed by atoms with E-state index in [1.807, 2.05) is 49.9 Å². The summed E-state index contributed by atoms with van der Waals surface area (Å²) in [5.74, 6) is 1.85. The number of amides is 1. The van der Waals surface area contributed by atoms with E-state index in [4.69, 9.17) is 13.9 Å². The van der Waals surface area contributed by atoms with Crippen molar-refractivity contribution in [3.8, 4) is 17.2 Å². The van der Waals surface area contributed by atoms with Gasteiger partial charge < -0.3 is 18.8 Å². The quantitative estimate of drug-likeness (QED) is 0.853. The smallest absolute Gasteiger partial charge is 0.230 e. The number of oxazole rings is 1. The third-order valence-electron chi connectivity index (χ3n) is 4.49. The molecule has 1 amide bonds. The Morgan fingerprint density at radius 3 is 2.84 bits per heavy atom. The van der Waals surface area contributed by atoms with Crippen LogP contribution in [0.2, 0.25) is 0 Å². The number of hydrogen-bond donors (Lipinski definition) is 0. The lowest BCUT2D eigenvalue weighted by Gasteiger charge is -2.42. The van der Waals surface area contributed by atoms with E-state index in [9.17, 15) is 4.79 Å². The Balaban J connectivity index is 1.82. The number of benzene rings is 1. The molecule has 0 unspecified atom stereocenters. The van der Waals surface area contributed by atoms with Crippen LogP contribution in [-0.4, -0.2) is 48.2 Å². The fourth-order valence-corrected chi connectivity index (χ4v) is 3.09. The summed E-state index contributed by atoms with van der Waals surface area (Å²) in [7, 11) is 1.61. The molecule has 0 spiro atoms. The van der Waals surface area contributed by atoms with Crippen LogP contribution in [0.25, 0.3) is 11.5 Å². The molecule has 0 radical (unpaired) electrons. The summed E-state index contributed by atoms with van der Waals surface area (Å²) in [5.41, 5.74) is 1.13. The number of morpholine rings is 1. The van der Waals surface area contributed by atoms with Gasteiger partial charge in [0.15, 0.2) is 0 Å². The molecule has 6 heteroatoms. The van der Waals surface area contributed by atoms with E-state index < -0.39 is 0 Å². The van der Waals surface area contributed by atoms with Crippen molar-refractivity contribution >= 4 is 5.91 Å². The van der Waals surface area contributed by atoms with Crippen molar-refractivity contribution in [2.75, 3.05) is 26.9 Å². The average Bonchev–Trinajstić information content (AvgIpc) is 2.94. The highest BCUT2D eigenvalue weighted by Gasteiger charge is 2.34. The Morgan fingerprint density at radius 2 is 2.12 bits per heavy atom. The molecule has 0 saturated carbocycles. The van der Waals surface area contributed by atoms with Crippen LogP contribution in [0.15, 0.2) is 28.7 Å². The number of nitrogens with zero attached hydrogens (tertiary/aromatic N) is 2. The number of rotatable bonds is 4. The van der Waals surface area contributed by atoms with Gasteiger partial charge in [-0.1, -0.05) is 12.1 Å². The Hall–Kier alpha value is -2.34. The van der Waals surface area contributed by atoms with Crippen molar-refractivity contribution < 1.29 is 18.7 Å². The minimum atomic E-state index is -0.307. The second-order valence-electron chi connectivity index (χ2n) is 6.81. The van der Waals surface area contributed by atoms with Gasteiger partial charge in [0.05, 0.1) is 43.5 Å². The molecule has 0 bridgehead atoms. The molecule has 0 atom stereocenters. The number of carbonyl (C=O) groups is 1. The van der Waals surface area contributed by atoms with Crippen LogP contribution in [0.3, 0.4) is 0 Å². The summed E-state index contributed by atoms with van der Waals surface area (Å²) in [6.45, 7) is 7.57. The molecule has 1 aromatic carbocycles. The molecule has 1 fully saturated rings. The van der Waals surface area contributed by atoms with E-state index in [1.54, 1.807) is 7.11 Å². The highest BCUT2D eigenvalue weighted by molar-refractivity contribution is 5.79. The first-order valence-corrected chi connectivity index (χ1v) is 8.40. The van der Waals surface area contributed by atoms with Crippen molar-refractivity contribution in [2.24, 2.45) is 0 Å². The summed E-state index contributed by atoms with van der Waals surface area (Å²) in [6, 6.07) is 7.54. The molecular formula is C19H24N2O4. The number of carbonyl (C=O) groups excluding carboxylic acids is 1. The second-order valence-corrected chi connectivity index (χ2v) is 6.81. The molecule has 134 valence electrons. The van der Waals surface area contributed by atoms with Gasteiger partial charge in [0.25, 0.3) is 0 Å². The maximum absolute atomic E-state index is 12.8. The molecule has 1 aromatic heterocycles. The third-order valence-corrected chi connectivity index (χ3v) is 4.49. The van der Waals surface area contributed by atoms with Gasteiger partial charge in [0.2, 0.25) is 11.8 Å². The van der Waals surface area contributed by atoms with E-state index >= 15 is 0 Å². The zero-order chi connectivity index (χ0) is 18.0. The van der Waals surface area contributed by atoms with E-state index in [2.05, 4.69) is 4.98 Å². The fraction of sp³-hybridized carbons (Fsp3) is 0.474. The molecule has 1 aliphatic heterocycles. The third kappa shape index (κ3) is 3.54. The van der Waals surface area contributed by atoms with Gasteiger partial charge in [-0.2, -0.15) is 0 Å². The van der Waals surface area contributed by atoms with Gasteiger partial charge in [-0.15, -0.1) is 0 Å². The highest BCUT2D eigenvalue weighted by Crippen LogP contribution is 2.30. The summed E-state index contributed by atoms with van der Waals surface area (Å²) in [5, 5.41) is 0. The fourth-order valence-electron chi connectivity index (χ4n) is 3.09. The zero-order valence-electron chi connectivity index (χ0n) is 15.2. The van der Waals surface area contributed by atoms with Crippen LogP contribution in [0, 0.1) is 6.92 Å². The van der Waals surface area contributed by atoms with Crippen molar-refractivity contribution in [1.29, 1.82) is 0 Å². The largest absolute Gasteiger partial charge is 0.496 e. The van der Waals surface area contributed by atoms with Gasteiger partial charge >= 0.3 is 0 Å². The van der Waals surface area contributed by atoms with E-state index in [-0.39, 0.29) is 17.9 Å². The van der Waals surface area contributed by atoms with E-state index in [1.165, 1.54) is 0 Å². The summed E-state index contributed by atoms with van der Waals surface area (Å²) < 4.78 is 16.6. The Kier molecular flexibility index (Phi) is 4.81. The van der Waals surface area contributed by atoms with Gasteiger partial charge in [-0.25, -0.2) is 4.98 Å². The average molecular weight is 344 g/mol. The van der Waals surface area contributed by atoms with Crippen LogP contribution < -0.4 is 4.74 Å². The first-order valence-electron chi connectivity index (χ1n) is 8.40. The number of para-hydroxylation sites is 1. The van der Waals surface area contributed by atoms with Gasteiger partial charge in [-0.05, 0) is 32.9 Å². The van der Waals surface area contributed by atoms with Crippen LogP contribution in [0.1, 0.15) is 25.3 Å². The molecule has 0 N–H and O–H groups in total. The lowest BCUT2D eigenvalue weighted by molar-refractivity contribution is -0.145. The molecular weight excluding hydrogens is 320 g/mol. The lowest BCUT2D eigenvalue weighted by atomic mass is 10.0. The molecule has 25 heavy (non-hydrogen) atoms. The highest BCUT2D eigenvalue weighted by atomic mass is 16.5. The Morgan fingerprint density at radius 1 is 1.36 bits per heavy atom. The number of aromatic nitrogens is 1. The topological polar surface area (TPSA) is 64.8 Å². The minimum Gasteiger partial charge on any atom is -0.496 e. The summed E-state index contributed by atoms with van der Waals surface area (Å²) in [4.78, 5) is 19.2. The van der Waals surface area contributed by atoms with Crippen molar-refractivity contribution in [1.82, 2.24) is 9.88 Å². The number of hydrogen-bond acceptors (Lipinski definition) is 5. The second kappa shape index (κ2) is 6.88. The van der Waals surface area contributed by atoms with Gasteiger partial charge in [0, 0.05) is 6.54 Å². The predicted octanol–water partition coefficient (Wildman–Crippen LogP) is 2.84. The van der Waals surface area contributed by atoms with Crippen LogP contribution >= 0.6 is 0 Å². The molecule has 2 aromatic rings. The molecule has 0 aliphatic carbocycles. The Bertz CT molecular complexity index is 767. The molecule has 1 saturated heterocycles. The first kappa shape index (κ1) is 17.5. The Labute approximate surface area is 147 Å². The molecule has 6 nitrogen and oxygen atoms in total. The molecule has 1 aliphatic rings. The predicted molar refractivity (Wildman–Crippen MR) is 93.5 cm³/mol. The summed E-state index contributed by atoms with van der Waals surface area (Å²) >= 11 is 0. The van der Waals surface area contributed by atoms with Crippen molar-refractivity contribution in [2.45, 2.75) is 32.7 Å². The molecule has 3 rings (SSSR count). The number of aryl methyl sites for hydroxylation is 1. The van der Waals surface area contributed by atoms with E-state index in [0.717, 1.165) is 5.56 Å². The van der Waals surface area contributed by atoms with E-state index in [0.29, 0.717) is 42.9 Å². The maximum atomic E-state index is 12.8. The monoisotopic (exact) mass is 344 g/mol. The summed E-state index contributed by atoms with van der Waals surface area (Å²) in [6.07, 6.45) is 0.216. The van der Waals surface area contributed by atoms with Crippen molar-refractivity contribution in [3.05, 3.63) is 35.7 Å². The number of ether oxygens (including phenoxy) is 2. The lowest BCUT2D eigenvalue weighted by Crippen LogP contribution is -2.56. The van der Waals surface area contributed by atoms with Gasteiger partial charge in [-0.3, -0.25) is 4.79 Å². The zero-order valence-corrected chi connectivity index (χ0v) is 15.2. The van der Waals surface area contributed by atoms with Crippen LogP contribution in [-0.2, 0) is 16.0 Å². The minimum absolute atomic E-state index is 0.0382. The van der Waals surface area contributed by atoms with Crippen LogP contribution in [0.5, 0.6) is 5.75 Å². The standard InChI is InChI=1S/C19H24N2O4/c1-13-15(11-17(22)21-9-10-24-12-19(21,2)3)20-18(25-13)14-7-5-6-8-16(14)23-4/h5-8H,9-12H2,1-4H3. The maximum Gasteiger partial charge on any atom is 0.230 e. The van der Waals surface area contributed by atoms with Crippen molar-refractivity contribution in [3.63, 3.8) is 0 Å².